The van der Waals surface area contributed by atoms with E-state index >= 15 is 0 Å². The van der Waals surface area contributed by atoms with E-state index in [2.05, 4.69) is 36.6 Å². The van der Waals surface area contributed by atoms with Crippen LogP contribution in [0.5, 0.6) is 0 Å². The number of esters is 2. The fourth-order valence-electron chi connectivity index (χ4n) is 2.13. The first-order valence-corrected chi connectivity index (χ1v) is 14.2. The Balaban J connectivity index is -0.000000552. The number of carbonyl (C=O) groups is 4. The van der Waals surface area contributed by atoms with Gasteiger partial charge in [-0.15, -0.1) is 0 Å². The van der Waals surface area contributed by atoms with Gasteiger partial charge in [0.25, 0.3) is 0 Å². The quantitative estimate of drug-likeness (QED) is 0.108. The van der Waals surface area contributed by atoms with Gasteiger partial charge in [0.2, 0.25) is 0 Å². The first kappa shape index (κ1) is 41.4. The predicted octanol–water partition coefficient (Wildman–Crippen LogP) is 3.64. The molecule has 5 N–H and O–H groups in total. The molecule has 0 aliphatic rings. The Morgan fingerprint density at radius 1 is 0.744 bits per heavy atom. The maximum Gasteiger partial charge on any atom is 0.407 e. The third-order valence-electron chi connectivity index (χ3n) is 3.77. The van der Waals surface area contributed by atoms with Crippen molar-refractivity contribution in [3.8, 4) is 0 Å². The maximum atomic E-state index is 11.3. The lowest BCUT2D eigenvalue weighted by molar-refractivity contribution is -0.145. The van der Waals surface area contributed by atoms with E-state index in [4.69, 9.17) is 19.9 Å². The van der Waals surface area contributed by atoms with E-state index in [0.29, 0.717) is 45.8 Å². The van der Waals surface area contributed by atoms with E-state index < -0.39 is 17.3 Å². The molecule has 39 heavy (non-hydrogen) atoms. The molecular weight excluding hydrogens is 576 g/mol. The molecule has 2 amide bonds. The Hall–Kier alpha value is -2.12. The molecule has 0 saturated heterocycles. The Bertz CT molecular complexity index is 680. The van der Waals surface area contributed by atoms with Gasteiger partial charge in [-0.2, -0.15) is 0 Å². The lowest BCUT2D eigenvalue weighted by Crippen LogP contribution is -2.38. The van der Waals surface area contributed by atoms with E-state index in [1.807, 2.05) is 41.5 Å². The molecule has 0 aliphatic heterocycles. The van der Waals surface area contributed by atoms with Gasteiger partial charge in [-0.05, 0) is 95.2 Å². The van der Waals surface area contributed by atoms with Gasteiger partial charge in [0.1, 0.15) is 22.1 Å². The zero-order chi connectivity index (χ0) is 31.1. The van der Waals surface area contributed by atoms with Gasteiger partial charge in [0.15, 0.2) is 0 Å². The zero-order valence-electron chi connectivity index (χ0n) is 25.5. The fourth-order valence-corrected chi connectivity index (χ4v) is 2.26. The van der Waals surface area contributed by atoms with Crippen LogP contribution in [0.25, 0.3) is 0 Å². The van der Waals surface area contributed by atoms with E-state index in [0.717, 1.165) is 6.42 Å². The number of amides is 2. The number of hydrogen-bond acceptors (Lipinski definition) is 10. The molecule has 232 valence electrons. The highest BCUT2D eigenvalue weighted by Gasteiger charge is 2.16. The molecule has 0 heterocycles. The second kappa shape index (κ2) is 23.7. The first-order chi connectivity index (χ1) is 17.9. The third-order valence-corrected chi connectivity index (χ3v) is 4.15. The van der Waals surface area contributed by atoms with Crippen molar-refractivity contribution in [2.75, 3.05) is 39.4 Å². The molecule has 2 atom stereocenters. The van der Waals surface area contributed by atoms with Crippen LogP contribution >= 0.6 is 15.9 Å². The summed E-state index contributed by atoms with van der Waals surface area (Å²) < 4.78 is 19.6. The number of carbonyl (C=O) groups excluding carboxylic acids is 4. The van der Waals surface area contributed by atoms with E-state index in [1.54, 1.807) is 27.7 Å². The third kappa shape index (κ3) is 33.9. The predicted molar refractivity (Wildman–Crippen MR) is 156 cm³/mol. The van der Waals surface area contributed by atoms with Crippen LogP contribution in [-0.4, -0.2) is 85.6 Å². The second-order valence-electron chi connectivity index (χ2n) is 10.1. The lowest BCUT2D eigenvalue weighted by Gasteiger charge is -2.19. The highest BCUT2D eigenvalue weighted by Crippen LogP contribution is 2.07. The number of rotatable bonds is 12. The van der Waals surface area contributed by atoms with Crippen molar-refractivity contribution in [2.45, 2.75) is 104 Å². The largest absolute Gasteiger partial charge is 0.465 e. The summed E-state index contributed by atoms with van der Waals surface area (Å²) in [4.78, 5) is 43.9. The number of halogens is 1. The van der Waals surface area contributed by atoms with Crippen molar-refractivity contribution < 1.29 is 38.1 Å². The van der Waals surface area contributed by atoms with E-state index in [-0.39, 0.29) is 28.9 Å². The van der Waals surface area contributed by atoms with Gasteiger partial charge in [-0.1, -0.05) is 15.9 Å². The Morgan fingerprint density at radius 3 is 1.49 bits per heavy atom. The van der Waals surface area contributed by atoms with Crippen molar-refractivity contribution >= 4 is 40.1 Å². The van der Waals surface area contributed by atoms with Crippen molar-refractivity contribution in [3.05, 3.63) is 0 Å². The summed E-state index contributed by atoms with van der Waals surface area (Å²) in [5.41, 5.74) is 4.34. The summed E-state index contributed by atoms with van der Waals surface area (Å²) in [5.74, 6) is -0.463. The van der Waals surface area contributed by atoms with Crippen LogP contribution in [0.1, 0.15) is 82.1 Å². The van der Waals surface area contributed by atoms with Gasteiger partial charge in [0.05, 0.1) is 13.2 Å². The topological polar surface area (TPSA) is 167 Å². The molecule has 0 fully saturated rings. The number of alkyl carbamates (subject to hydrolysis) is 2. The molecular formula is C26H53BrN4O8. The highest BCUT2D eigenvalue weighted by atomic mass is 79.9. The molecule has 0 rings (SSSR count). The minimum absolute atomic E-state index is 0.178. The second-order valence-corrected chi connectivity index (χ2v) is 11.5. The van der Waals surface area contributed by atoms with Crippen LogP contribution in [0.2, 0.25) is 0 Å². The lowest BCUT2D eigenvalue weighted by atomic mass is 10.2. The Labute approximate surface area is 243 Å². The number of ether oxygens (including phenoxy) is 4. The van der Waals surface area contributed by atoms with Crippen LogP contribution in [-0.2, 0) is 28.5 Å². The molecule has 0 spiro atoms. The molecule has 0 aromatic rings. The monoisotopic (exact) mass is 628 g/mol. The van der Waals surface area contributed by atoms with Crippen LogP contribution in [0.3, 0.4) is 0 Å². The number of alkyl halides is 1. The van der Waals surface area contributed by atoms with Crippen LogP contribution in [0.4, 0.5) is 9.59 Å². The molecule has 13 heteroatoms. The minimum Gasteiger partial charge on any atom is -0.465 e. The molecule has 0 aromatic carbocycles. The van der Waals surface area contributed by atoms with Gasteiger partial charge >= 0.3 is 24.1 Å². The number of hydrogen-bond donors (Lipinski definition) is 4. The molecule has 0 aromatic heterocycles. The van der Waals surface area contributed by atoms with Crippen molar-refractivity contribution in [1.82, 2.24) is 16.0 Å². The zero-order valence-corrected chi connectivity index (χ0v) is 27.1. The Morgan fingerprint density at radius 2 is 1.15 bits per heavy atom. The average molecular weight is 630 g/mol. The summed E-state index contributed by atoms with van der Waals surface area (Å²) in [6.07, 6.45) is 0.685. The summed E-state index contributed by atoms with van der Waals surface area (Å²) >= 11 is 3.07. The SMILES string of the molecule is CC(C)(C)OC(=O)NCCCN.CCOC(=O)C(C)Br.CCOC(=O)C(C)NCCCNC(=O)OC(C)(C)C. The molecule has 12 nitrogen and oxygen atoms in total. The van der Waals surface area contributed by atoms with Crippen LogP contribution in [0.15, 0.2) is 0 Å². The van der Waals surface area contributed by atoms with Gasteiger partial charge in [-0.3, -0.25) is 9.59 Å². The molecule has 0 bridgehead atoms. The normalized spacial score (nSPS) is 12.2. The van der Waals surface area contributed by atoms with E-state index in [9.17, 15) is 19.2 Å². The first-order valence-electron chi connectivity index (χ1n) is 13.2. The smallest absolute Gasteiger partial charge is 0.407 e. The Kier molecular flexibility index (Phi) is 25.2. The summed E-state index contributed by atoms with van der Waals surface area (Å²) in [6.45, 7) is 21.1. The standard InChI is InChI=1S/C13H26N2O4.C8H18N2O2.C5H9BrO2/c1-6-18-11(16)10(2)14-8-7-9-15-12(17)19-13(3,4)5;1-8(2,3)12-7(11)10-6-4-5-9;1-3-8-5(7)4(2)6/h10,14H,6-9H2,1-5H3,(H,15,17);4-6,9H2,1-3H3,(H,10,11);4H,3H2,1-2H3. The van der Waals surface area contributed by atoms with Gasteiger partial charge in [-0.25, -0.2) is 9.59 Å². The number of nitrogens with one attached hydrogen (secondary N) is 3. The van der Waals surface area contributed by atoms with Crippen LogP contribution < -0.4 is 21.7 Å². The summed E-state index contributed by atoms with van der Waals surface area (Å²) in [5, 5.41) is 8.27. The average Bonchev–Trinajstić information content (AvgIpc) is 2.77. The van der Waals surface area contributed by atoms with Gasteiger partial charge < -0.3 is 40.6 Å². The molecule has 0 radical (unpaired) electrons. The number of nitrogens with two attached hydrogens (primary N) is 1. The summed E-state index contributed by atoms with van der Waals surface area (Å²) in [6, 6.07) is -0.332. The van der Waals surface area contributed by atoms with Crippen molar-refractivity contribution in [3.63, 3.8) is 0 Å². The van der Waals surface area contributed by atoms with Crippen molar-refractivity contribution in [2.24, 2.45) is 5.73 Å². The molecule has 0 aliphatic carbocycles. The van der Waals surface area contributed by atoms with Crippen molar-refractivity contribution in [1.29, 1.82) is 0 Å². The van der Waals surface area contributed by atoms with Crippen LogP contribution in [0, 0.1) is 0 Å². The highest BCUT2D eigenvalue weighted by molar-refractivity contribution is 9.10. The molecule has 2 unspecified atom stereocenters. The van der Waals surface area contributed by atoms with Gasteiger partial charge in [0, 0.05) is 13.1 Å². The summed E-state index contributed by atoms with van der Waals surface area (Å²) in [7, 11) is 0. The minimum atomic E-state index is -0.485. The van der Waals surface area contributed by atoms with E-state index in [1.165, 1.54) is 0 Å². The fraction of sp³-hybridized carbons (Fsp3) is 0.846. The maximum absolute atomic E-state index is 11.3. The molecule has 0 saturated carbocycles.